The summed E-state index contributed by atoms with van der Waals surface area (Å²) in [5.41, 5.74) is 5.99. The van der Waals surface area contributed by atoms with Crippen LogP contribution in [0.25, 0.3) is 42.7 Å². The van der Waals surface area contributed by atoms with Crippen LogP contribution in [0.2, 0.25) is 0 Å². The van der Waals surface area contributed by atoms with E-state index in [4.69, 9.17) is 4.42 Å². The standard InChI is InChI=1S/C25H24NOS/c1-15-16-10-6-7-11-17(16)20(25(2,3)4)14-19(15)24-26(5)23-22(28-24)18-12-8-9-13-21(18)27-23/h6-14H,1-5H3/q+1. The summed E-state index contributed by atoms with van der Waals surface area (Å²) in [6.07, 6.45) is 0. The van der Waals surface area contributed by atoms with Crippen molar-refractivity contribution in [2.75, 3.05) is 0 Å². The molecule has 0 fully saturated rings. The lowest BCUT2D eigenvalue weighted by Gasteiger charge is -2.23. The molecule has 2 heterocycles. The van der Waals surface area contributed by atoms with Crippen molar-refractivity contribution in [1.29, 1.82) is 0 Å². The number of hydrogen-bond donors (Lipinski definition) is 0. The quantitative estimate of drug-likeness (QED) is 0.286. The number of rotatable bonds is 1. The fraction of sp³-hybridized carbons (Fsp3) is 0.240. The molecule has 5 rings (SSSR count). The Labute approximate surface area is 169 Å². The molecule has 2 aromatic heterocycles. The van der Waals surface area contributed by atoms with Crippen molar-refractivity contribution in [1.82, 2.24) is 0 Å². The molecule has 0 aliphatic rings. The summed E-state index contributed by atoms with van der Waals surface area (Å²) >= 11 is 1.82. The maximum atomic E-state index is 6.18. The zero-order chi connectivity index (χ0) is 19.6. The van der Waals surface area contributed by atoms with Crippen molar-refractivity contribution in [2.45, 2.75) is 33.1 Å². The van der Waals surface area contributed by atoms with Gasteiger partial charge in [-0.3, -0.25) is 0 Å². The number of furan rings is 1. The number of benzene rings is 3. The second kappa shape index (κ2) is 5.92. The summed E-state index contributed by atoms with van der Waals surface area (Å²) in [4.78, 5) is 0. The molecule has 5 aromatic rings. The summed E-state index contributed by atoms with van der Waals surface area (Å²) < 4.78 is 9.62. The molecule has 2 nitrogen and oxygen atoms in total. The molecule has 0 N–H and O–H groups in total. The lowest BCUT2D eigenvalue weighted by molar-refractivity contribution is -0.636. The number of aryl methyl sites for hydroxylation is 2. The van der Waals surface area contributed by atoms with Gasteiger partial charge in [-0.05, 0) is 52.4 Å². The minimum absolute atomic E-state index is 0.0731. The second-order valence-electron chi connectivity index (χ2n) is 8.59. The highest BCUT2D eigenvalue weighted by atomic mass is 32.1. The molecule has 0 radical (unpaired) electrons. The van der Waals surface area contributed by atoms with E-state index in [1.165, 1.54) is 42.6 Å². The topological polar surface area (TPSA) is 17.0 Å². The Morgan fingerprint density at radius 1 is 0.893 bits per heavy atom. The van der Waals surface area contributed by atoms with E-state index in [0.717, 1.165) is 11.3 Å². The molecule has 0 aliphatic heterocycles. The Morgan fingerprint density at radius 2 is 1.54 bits per heavy atom. The van der Waals surface area contributed by atoms with E-state index in [2.05, 4.69) is 81.8 Å². The molecule has 28 heavy (non-hydrogen) atoms. The first-order valence-electron chi connectivity index (χ1n) is 9.69. The van der Waals surface area contributed by atoms with E-state index in [9.17, 15) is 0 Å². The third kappa shape index (κ3) is 2.43. The Bertz CT molecular complexity index is 1360. The van der Waals surface area contributed by atoms with Gasteiger partial charge in [0.05, 0.1) is 5.56 Å². The van der Waals surface area contributed by atoms with Crippen LogP contribution in [0.5, 0.6) is 0 Å². The van der Waals surface area contributed by atoms with Crippen LogP contribution >= 0.6 is 11.3 Å². The number of hydrogen-bond acceptors (Lipinski definition) is 2. The average Bonchev–Trinajstić information content (AvgIpc) is 3.18. The van der Waals surface area contributed by atoms with E-state index in [1.54, 1.807) is 0 Å². The molecule has 3 aromatic carbocycles. The fourth-order valence-corrected chi connectivity index (χ4v) is 5.46. The summed E-state index contributed by atoms with van der Waals surface area (Å²) in [7, 11) is 2.11. The van der Waals surface area contributed by atoms with Crippen molar-refractivity contribution >= 4 is 43.5 Å². The van der Waals surface area contributed by atoms with Crippen LogP contribution in [-0.2, 0) is 12.5 Å². The maximum Gasteiger partial charge on any atom is 0.393 e. The molecule has 140 valence electrons. The van der Waals surface area contributed by atoms with E-state index < -0.39 is 0 Å². The summed E-state index contributed by atoms with van der Waals surface area (Å²) in [6, 6.07) is 19.5. The predicted molar refractivity (Wildman–Crippen MR) is 119 cm³/mol. The zero-order valence-electron chi connectivity index (χ0n) is 17.0. The van der Waals surface area contributed by atoms with E-state index >= 15 is 0 Å². The summed E-state index contributed by atoms with van der Waals surface area (Å²) in [5, 5.41) is 5.12. The van der Waals surface area contributed by atoms with Gasteiger partial charge in [-0.15, -0.1) is 0 Å². The first-order chi connectivity index (χ1) is 13.4. The monoisotopic (exact) mass is 386 g/mol. The smallest absolute Gasteiger partial charge is 0.393 e. The van der Waals surface area contributed by atoms with Gasteiger partial charge in [0, 0.05) is 5.39 Å². The van der Waals surface area contributed by atoms with Gasteiger partial charge in [0.2, 0.25) is 0 Å². The van der Waals surface area contributed by atoms with Crippen molar-refractivity contribution in [3.05, 3.63) is 65.7 Å². The Morgan fingerprint density at radius 3 is 2.25 bits per heavy atom. The molecule has 0 bridgehead atoms. The highest BCUT2D eigenvalue weighted by Crippen LogP contribution is 2.41. The van der Waals surface area contributed by atoms with Crippen molar-refractivity contribution in [3.8, 4) is 10.6 Å². The van der Waals surface area contributed by atoms with Gasteiger partial charge >= 0.3 is 5.71 Å². The van der Waals surface area contributed by atoms with Crippen LogP contribution < -0.4 is 4.57 Å². The molecule has 0 aliphatic carbocycles. The third-order valence-electron chi connectivity index (χ3n) is 5.69. The van der Waals surface area contributed by atoms with Crippen LogP contribution in [0, 0.1) is 6.92 Å². The molecule has 0 amide bonds. The van der Waals surface area contributed by atoms with Gasteiger partial charge in [0.25, 0.3) is 5.01 Å². The lowest BCUT2D eigenvalue weighted by Crippen LogP contribution is -2.28. The van der Waals surface area contributed by atoms with Crippen LogP contribution in [0.4, 0.5) is 0 Å². The van der Waals surface area contributed by atoms with E-state index in [1.807, 2.05) is 23.5 Å². The molecule has 0 saturated carbocycles. The van der Waals surface area contributed by atoms with Crippen LogP contribution in [-0.4, -0.2) is 0 Å². The molecular weight excluding hydrogens is 362 g/mol. The molecule has 0 unspecified atom stereocenters. The van der Waals surface area contributed by atoms with Gasteiger partial charge < -0.3 is 4.42 Å². The molecule has 0 atom stereocenters. The van der Waals surface area contributed by atoms with Crippen LogP contribution in [0.15, 0.2) is 59.0 Å². The SMILES string of the molecule is Cc1c(-c2sc3c4ccccc4oc3[n+]2C)cc(C(C)(C)C)c2ccccc12. The van der Waals surface area contributed by atoms with Gasteiger partial charge in [-0.2, -0.15) is 4.57 Å². The van der Waals surface area contributed by atoms with Crippen molar-refractivity contribution in [2.24, 2.45) is 7.05 Å². The third-order valence-corrected chi connectivity index (χ3v) is 6.98. The largest absolute Gasteiger partial charge is 0.403 e. The number of nitrogens with zero attached hydrogens (tertiary/aromatic N) is 1. The highest BCUT2D eigenvalue weighted by molar-refractivity contribution is 7.22. The first-order valence-corrected chi connectivity index (χ1v) is 10.5. The van der Waals surface area contributed by atoms with Gasteiger partial charge in [0.1, 0.15) is 12.6 Å². The fourth-order valence-electron chi connectivity index (χ4n) is 4.18. The normalized spacial score (nSPS) is 12.5. The Kier molecular flexibility index (Phi) is 3.69. The van der Waals surface area contributed by atoms with Crippen molar-refractivity contribution < 1.29 is 8.98 Å². The Balaban J connectivity index is 1.87. The second-order valence-corrected chi connectivity index (χ2v) is 9.59. The van der Waals surface area contributed by atoms with Crippen LogP contribution in [0.3, 0.4) is 0 Å². The average molecular weight is 387 g/mol. The van der Waals surface area contributed by atoms with E-state index in [-0.39, 0.29) is 5.41 Å². The van der Waals surface area contributed by atoms with Gasteiger partial charge in [-0.1, -0.05) is 68.5 Å². The number of para-hydroxylation sites is 1. The number of thiazole rings is 1. The maximum absolute atomic E-state index is 6.18. The van der Waals surface area contributed by atoms with E-state index in [0.29, 0.717) is 0 Å². The number of aromatic nitrogens is 1. The van der Waals surface area contributed by atoms with Crippen LogP contribution in [0.1, 0.15) is 31.9 Å². The predicted octanol–water partition coefficient (Wildman–Crippen LogP) is 6.90. The molecular formula is C25H24NOS+. The minimum Gasteiger partial charge on any atom is -0.403 e. The van der Waals surface area contributed by atoms with Gasteiger partial charge in [0.15, 0.2) is 4.70 Å². The summed E-state index contributed by atoms with van der Waals surface area (Å²) in [6.45, 7) is 9.12. The number of fused-ring (bicyclic) bond motifs is 4. The summed E-state index contributed by atoms with van der Waals surface area (Å²) in [5.74, 6) is 0. The van der Waals surface area contributed by atoms with Crippen molar-refractivity contribution in [3.63, 3.8) is 0 Å². The first kappa shape index (κ1) is 17.4. The molecule has 3 heteroatoms. The molecule has 0 saturated heterocycles. The highest BCUT2D eigenvalue weighted by Gasteiger charge is 2.28. The zero-order valence-corrected chi connectivity index (χ0v) is 17.8. The minimum atomic E-state index is 0.0731. The van der Waals surface area contributed by atoms with Gasteiger partial charge in [-0.25, -0.2) is 0 Å². The molecule has 0 spiro atoms. The Hall–Kier alpha value is -2.65. The lowest BCUT2D eigenvalue weighted by atomic mass is 9.81.